The van der Waals surface area contributed by atoms with Gasteiger partial charge in [-0.05, 0) is 35.9 Å². The molecule has 2 N–H and O–H groups in total. The molecule has 0 amide bonds. The normalized spacial score (nSPS) is 13.4. The molecule has 0 aliphatic rings. The van der Waals surface area contributed by atoms with Crippen molar-refractivity contribution in [2.75, 3.05) is 6.79 Å². The van der Waals surface area contributed by atoms with Gasteiger partial charge in [0.15, 0.2) is 6.79 Å². The maximum Gasteiger partial charge on any atom is 0.469 e. The van der Waals surface area contributed by atoms with E-state index in [-0.39, 0.29) is 24.3 Å². The Bertz CT molecular complexity index is 1930. The van der Waals surface area contributed by atoms with Crippen LogP contribution >= 0.6 is 19.2 Å². The minimum absolute atomic E-state index is 0.0394. The molecule has 2 heterocycles. The number of rotatable bonds is 13. The van der Waals surface area contributed by atoms with E-state index in [0.717, 1.165) is 17.7 Å². The summed E-state index contributed by atoms with van der Waals surface area (Å²) in [6.07, 6.45) is 2.69. The molecular weight excluding hydrogens is 655 g/mol. The van der Waals surface area contributed by atoms with Crippen LogP contribution in [0.2, 0.25) is 0 Å². The van der Waals surface area contributed by atoms with Crippen molar-refractivity contribution < 1.29 is 41.9 Å². The molecule has 0 radical (unpaired) electrons. The lowest BCUT2D eigenvalue weighted by Crippen LogP contribution is -2.42. The molecule has 5 rings (SSSR count). The summed E-state index contributed by atoms with van der Waals surface area (Å²) in [7, 11) is -4.67. The molecule has 12 nitrogen and oxygen atoms in total. The van der Waals surface area contributed by atoms with Gasteiger partial charge in [0.05, 0.1) is 41.0 Å². The topological polar surface area (TPSA) is 170 Å². The largest absolute Gasteiger partial charge is 0.469 e. The summed E-state index contributed by atoms with van der Waals surface area (Å²) in [6, 6.07) is 17.6. The Morgan fingerprint density at radius 1 is 1.13 bits per heavy atom. The molecule has 0 spiro atoms. The molecule has 0 saturated heterocycles. The summed E-state index contributed by atoms with van der Waals surface area (Å²) >= 11 is 1.28. The zero-order chi connectivity index (χ0) is 33.6. The van der Waals surface area contributed by atoms with Gasteiger partial charge in [0.25, 0.3) is 0 Å². The first-order chi connectivity index (χ1) is 22.5. The molecule has 0 bridgehead atoms. The second kappa shape index (κ2) is 14.4. The van der Waals surface area contributed by atoms with Crippen LogP contribution in [0.1, 0.15) is 44.9 Å². The van der Waals surface area contributed by atoms with Gasteiger partial charge < -0.3 is 19.3 Å². The molecule has 0 aliphatic carbocycles. The molecule has 242 valence electrons. The van der Waals surface area contributed by atoms with Crippen molar-refractivity contribution in [3.05, 3.63) is 124 Å². The van der Waals surface area contributed by atoms with E-state index in [1.165, 1.54) is 59.0 Å². The first-order valence-electron chi connectivity index (χ1n) is 13.8. The van der Waals surface area contributed by atoms with E-state index in [9.17, 15) is 13.8 Å². The number of esters is 1. The average molecular weight is 682 g/mol. The Balaban J connectivity index is 1.45. The van der Waals surface area contributed by atoms with Gasteiger partial charge in [0.1, 0.15) is 29.9 Å². The average Bonchev–Trinajstić information content (AvgIpc) is 3.76. The number of halogens is 2. The van der Waals surface area contributed by atoms with Gasteiger partial charge in [-0.25, -0.2) is 32.8 Å². The second-order valence-electron chi connectivity index (χ2n) is 10.2. The van der Waals surface area contributed by atoms with Crippen LogP contribution in [-0.4, -0.2) is 42.3 Å². The number of carbonyl (C=O) groups excluding carboxylic acids is 1. The van der Waals surface area contributed by atoms with Crippen LogP contribution < -0.4 is 0 Å². The number of nitriles is 1. The first-order valence-corrected chi connectivity index (χ1v) is 16.2. The molecule has 0 saturated carbocycles. The fourth-order valence-electron chi connectivity index (χ4n) is 4.79. The number of phosphoric ester groups is 1. The molecule has 0 unspecified atom stereocenters. The molecule has 0 aliphatic heterocycles. The van der Waals surface area contributed by atoms with Crippen molar-refractivity contribution >= 4 is 25.1 Å². The number of phosphoric acid groups is 1. The predicted molar refractivity (Wildman–Crippen MR) is 163 cm³/mol. The lowest BCUT2D eigenvalue weighted by Gasteiger charge is -2.38. The smallest absolute Gasteiger partial charge is 0.435 e. The minimum Gasteiger partial charge on any atom is -0.435 e. The van der Waals surface area contributed by atoms with Crippen LogP contribution in [0.4, 0.5) is 8.78 Å². The highest BCUT2D eigenvalue weighted by molar-refractivity contribution is 7.46. The van der Waals surface area contributed by atoms with Crippen molar-refractivity contribution in [1.29, 1.82) is 5.26 Å². The lowest BCUT2D eigenvalue weighted by atomic mass is 9.81. The summed E-state index contributed by atoms with van der Waals surface area (Å²) in [4.78, 5) is 39.5. The summed E-state index contributed by atoms with van der Waals surface area (Å²) in [6.45, 7) is 0.583. The number of nitrogens with zero attached hydrogens (tertiary/aromatic N) is 5. The maximum atomic E-state index is 15.6. The number of aromatic nitrogens is 4. The molecule has 16 heteroatoms. The van der Waals surface area contributed by atoms with E-state index in [0.29, 0.717) is 21.8 Å². The van der Waals surface area contributed by atoms with E-state index < -0.39 is 43.7 Å². The summed E-state index contributed by atoms with van der Waals surface area (Å²) < 4.78 is 58.3. The van der Waals surface area contributed by atoms with Crippen LogP contribution in [0, 0.1) is 23.0 Å². The van der Waals surface area contributed by atoms with Gasteiger partial charge in [-0.3, -0.25) is 4.52 Å². The number of thiazole rings is 1. The Morgan fingerprint density at radius 3 is 2.51 bits per heavy atom. The molecule has 3 aromatic carbocycles. The fourth-order valence-corrected chi connectivity index (χ4v) is 6.08. The third-order valence-corrected chi connectivity index (χ3v) is 8.74. The van der Waals surface area contributed by atoms with E-state index in [2.05, 4.69) is 20.7 Å². The Morgan fingerprint density at radius 2 is 1.87 bits per heavy atom. The molecule has 5 aromatic rings. The van der Waals surface area contributed by atoms with Crippen molar-refractivity contribution in [2.24, 2.45) is 0 Å². The number of benzene rings is 3. The highest BCUT2D eigenvalue weighted by atomic mass is 32.1. The molecular formula is C31H26F2N5O7PS. The van der Waals surface area contributed by atoms with Crippen LogP contribution in [0.5, 0.6) is 0 Å². The van der Waals surface area contributed by atoms with Crippen LogP contribution in [0.15, 0.2) is 84.8 Å². The van der Waals surface area contributed by atoms with Gasteiger partial charge in [-0.15, -0.1) is 11.3 Å². The number of ether oxygens (including phenoxy) is 2. The summed E-state index contributed by atoms with van der Waals surface area (Å²) in [5, 5.41) is 15.6. The predicted octanol–water partition coefficient (Wildman–Crippen LogP) is 5.69. The van der Waals surface area contributed by atoms with Crippen LogP contribution in [0.25, 0.3) is 11.3 Å². The Kier molecular flexibility index (Phi) is 10.3. The highest BCUT2D eigenvalue weighted by Gasteiger charge is 2.45. The van der Waals surface area contributed by atoms with Crippen molar-refractivity contribution in [1.82, 2.24) is 19.7 Å². The monoisotopic (exact) mass is 681 g/mol. The third-order valence-electron chi connectivity index (χ3n) is 7.25. The van der Waals surface area contributed by atoms with Crippen molar-refractivity contribution in [3.63, 3.8) is 0 Å². The van der Waals surface area contributed by atoms with E-state index in [4.69, 9.17) is 29.5 Å². The highest BCUT2D eigenvalue weighted by Crippen LogP contribution is 2.44. The third kappa shape index (κ3) is 8.19. The SMILES string of the molecule is C[C@@H](c1nc(-c2ccc(C#N)cc2)cs1)[C@@](Cn1cncn1)(OCOC(=O)c1ccc(COP(=O)(O)O)cc1)c1ccc(F)cc1F. The number of carbonyl (C=O) groups is 1. The van der Waals surface area contributed by atoms with E-state index >= 15 is 4.39 Å². The second-order valence-corrected chi connectivity index (χ2v) is 12.4. The van der Waals surface area contributed by atoms with Crippen molar-refractivity contribution in [2.45, 2.75) is 31.6 Å². The minimum atomic E-state index is -4.67. The van der Waals surface area contributed by atoms with E-state index in [1.807, 2.05) is 5.38 Å². The fraction of sp³-hybridized carbons (Fsp3) is 0.194. The Hall–Kier alpha value is -4.68. The van der Waals surface area contributed by atoms with Gasteiger partial charge in [0.2, 0.25) is 0 Å². The molecule has 2 aromatic heterocycles. The van der Waals surface area contributed by atoms with Gasteiger partial charge >= 0.3 is 13.8 Å². The van der Waals surface area contributed by atoms with Gasteiger partial charge in [-0.1, -0.05) is 37.3 Å². The number of hydrogen-bond acceptors (Lipinski definition) is 10. The molecule has 2 atom stereocenters. The van der Waals surface area contributed by atoms with Gasteiger partial charge in [-0.2, -0.15) is 10.4 Å². The van der Waals surface area contributed by atoms with Gasteiger partial charge in [0, 0.05) is 28.5 Å². The Labute approximate surface area is 271 Å². The van der Waals surface area contributed by atoms with E-state index in [1.54, 1.807) is 31.2 Å². The van der Waals surface area contributed by atoms with Crippen LogP contribution in [0.3, 0.4) is 0 Å². The maximum absolute atomic E-state index is 15.6. The summed E-state index contributed by atoms with van der Waals surface area (Å²) in [5.74, 6) is -3.23. The standard InChI is InChI=1S/C31H26F2N5O7PS/c1-20(29-37-28(15-47-29)23-6-2-21(13-34)3-7-23)31(16-38-18-35-17-36-38,26-11-10-25(32)12-27(26)33)44-19-43-30(39)24-8-4-22(5-9-24)14-45-46(40,41)42/h2-12,15,17-18,20H,14,16,19H2,1H3,(H2,40,41,42)/t20-,31+/m0/s1. The van der Waals surface area contributed by atoms with Crippen molar-refractivity contribution in [3.8, 4) is 17.3 Å². The molecule has 47 heavy (non-hydrogen) atoms. The summed E-state index contributed by atoms with van der Waals surface area (Å²) in [5.41, 5.74) is 0.654. The first kappa shape index (κ1) is 33.7. The molecule has 0 fully saturated rings. The quantitative estimate of drug-likeness (QED) is 0.0889. The lowest BCUT2D eigenvalue weighted by molar-refractivity contribution is -0.148. The zero-order valence-corrected chi connectivity index (χ0v) is 26.3. The zero-order valence-electron chi connectivity index (χ0n) is 24.6. The number of hydrogen-bond donors (Lipinski definition) is 2. The van der Waals surface area contributed by atoms with Crippen LogP contribution in [-0.2, 0) is 37.3 Å².